The Bertz CT molecular complexity index is 398. The van der Waals surface area contributed by atoms with Crippen LogP contribution in [0, 0.1) is 6.92 Å². The van der Waals surface area contributed by atoms with Gasteiger partial charge in [-0.05, 0) is 32.6 Å². The molecule has 5 nitrogen and oxygen atoms in total. The van der Waals surface area contributed by atoms with Crippen molar-refractivity contribution >= 4 is 11.5 Å². The van der Waals surface area contributed by atoms with Gasteiger partial charge >= 0.3 is 0 Å². The summed E-state index contributed by atoms with van der Waals surface area (Å²) >= 11 is 0. The summed E-state index contributed by atoms with van der Waals surface area (Å²) in [5.41, 5.74) is 7.83. The van der Waals surface area contributed by atoms with Crippen molar-refractivity contribution in [1.29, 1.82) is 0 Å². The summed E-state index contributed by atoms with van der Waals surface area (Å²) in [6, 6.07) is 0.520. The first-order chi connectivity index (χ1) is 8.69. The van der Waals surface area contributed by atoms with Crippen LogP contribution >= 0.6 is 0 Å². The molecule has 0 radical (unpaired) electrons. The maximum atomic E-state index is 9.27. The van der Waals surface area contributed by atoms with Crippen LogP contribution in [0.15, 0.2) is 0 Å². The molecule has 0 bridgehead atoms. The highest BCUT2D eigenvalue weighted by atomic mass is 16.3. The van der Waals surface area contributed by atoms with Crippen LogP contribution in [0.2, 0.25) is 0 Å². The van der Waals surface area contributed by atoms with Crippen molar-refractivity contribution in [2.75, 3.05) is 23.8 Å². The molecule has 1 aliphatic rings. The minimum absolute atomic E-state index is 0.159. The zero-order valence-electron chi connectivity index (χ0n) is 11.4. The first-order valence-corrected chi connectivity index (χ1v) is 6.89. The number of nitrogens with zero attached hydrogens (tertiary/aromatic N) is 3. The van der Waals surface area contributed by atoms with E-state index in [0.717, 1.165) is 30.2 Å². The Kier molecular flexibility index (Phi) is 4.11. The van der Waals surface area contributed by atoms with Crippen LogP contribution in [0.25, 0.3) is 0 Å². The highest BCUT2D eigenvalue weighted by Crippen LogP contribution is 2.34. The Hall–Kier alpha value is -1.23. The Morgan fingerprint density at radius 2 is 2.22 bits per heavy atom. The standard InChI is InChI=1S/C13H24N4O/c1-3-7-17-13(12(14)10(2)15-17)16(8-9-18)11-5-4-6-11/h11,18H,3-9,14H2,1-2H3. The van der Waals surface area contributed by atoms with Gasteiger partial charge in [-0.1, -0.05) is 6.92 Å². The van der Waals surface area contributed by atoms with Gasteiger partial charge < -0.3 is 15.7 Å². The van der Waals surface area contributed by atoms with Crippen LogP contribution in [0.5, 0.6) is 0 Å². The summed E-state index contributed by atoms with van der Waals surface area (Å²) < 4.78 is 2.00. The lowest BCUT2D eigenvalue weighted by Gasteiger charge is -2.39. The molecule has 1 fully saturated rings. The number of aryl methyl sites for hydroxylation is 2. The lowest BCUT2D eigenvalue weighted by Crippen LogP contribution is -2.43. The first kappa shape index (κ1) is 13.2. The summed E-state index contributed by atoms with van der Waals surface area (Å²) in [5, 5.41) is 13.8. The van der Waals surface area contributed by atoms with Crippen LogP contribution in [0.1, 0.15) is 38.3 Å². The van der Waals surface area contributed by atoms with Gasteiger partial charge in [0.1, 0.15) is 0 Å². The third-order valence-corrected chi connectivity index (χ3v) is 3.71. The van der Waals surface area contributed by atoms with Crippen molar-refractivity contribution in [1.82, 2.24) is 9.78 Å². The number of nitrogen functional groups attached to an aromatic ring is 1. The quantitative estimate of drug-likeness (QED) is 0.806. The second-order valence-electron chi connectivity index (χ2n) is 5.05. The summed E-state index contributed by atoms with van der Waals surface area (Å²) in [6.45, 7) is 5.76. The molecule has 0 aliphatic heterocycles. The molecule has 1 aromatic heterocycles. The van der Waals surface area contributed by atoms with E-state index in [4.69, 9.17) is 5.73 Å². The van der Waals surface area contributed by atoms with E-state index in [9.17, 15) is 5.11 Å². The second kappa shape index (κ2) is 5.61. The molecule has 18 heavy (non-hydrogen) atoms. The van der Waals surface area contributed by atoms with Crippen molar-refractivity contribution in [2.45, 2.75) is 52.1 Å². The largest absolute Gasteiger partial charge is 0.395 e. The molecule has 102 valence electrons. The SMILES string of the molecule is CCCn1nc(C)c(N)c1N(CCO)C1CCC1. The van der Waals surface area contributed by atoms with E-state index in [1.54, 1.807) is 0 Å². The van der Waals surface area contributed by atoms with Gasteiger partial charge in [0.2, 0.25) is 0 Å². The third kappa shape index (κ3) is 2.32. The fourth-order valence-corrected chi connectivity index (χ4v) is 2.52. The normalized spacial score (nSPS) is 15.7. The topological polar surface area (TPSA) is 67.3 Å². The number of rotatable bonds is 6. The smallest absolute Gasteiger partial charge is 0.150 e. The van der Waals surface area contributed by atoms with E-state index in [-0.39, 0.29) is 6.61 Å². The molecular weight excluding hydrogens is 228 g/mol. The van der Waals surface area contributed by atoms with Gasteiger partial charge in [-0.3, -0.25) is 0 Å². The van der Waals surface area contributed by atoms with Crippen LogP contribution in [-0.4, -0.2) is 34.1 Å². The predicted molar refractivity (Wildman–Crippen MR) is 73.7 cm³/mol. The van der Waals surface area contributed by atoms with Gasteiger partial charge in [0.15, 0.2) is 5.82 Å². The van der Waals surface area contributed by atoms with Crippen molar-refractivity contribution in [3.63, 3.8) is 0 Å². The number of aromatic nitrogens is 2. The lowest BCUT2D eigenvalue weighted by atomic mass is 9.91. The molecule has 1 saturated carbocycles. The van der Waals surface area contributed by atoms with Crippen molar-refractivity contribution in [3.05, 3.63) is 5.69 Å². The molecule has 1 heterocycles. The number of anilines is 2. The average Bonchev–Trinajstić information content (AvgIpc) is 2.52. The van der Waals surface area contributed by atoms with Gasteiger partial charge in [0, 0.05) is 19.1 Å². The molecule has 1 aromatic rings. The van der Waals surface area contributed by atoms with Crippen LogP contribution in [0.4, 0.5) is 11.5 Å². The van der Waals surface area contributed by atoms with E-state index >= 15 is 0 Å². The number of nitrogens with two attached hydrogens (primary N) is 1. The van der Waals surface area contributed by atoms with Crippen molar-refractivity contribution in [3.8, 4) is 0 Å². The van der Waals surface area contributed by atoms with E-state index in [0.29, 0.717) is 12.6 Å². The minimum Gasteiger partial charge on any atom is -0.395 e. The molecule has 0 aromatic carbocycles. The van der Waals surface area contributed by atoms with Crippen LogP contribution < -0.4 is 10.6 Å². The van der Waals surface area contributed by atoms with Gasteiger partial charge in [-0.25, -0.2) is 4.68 Å². The molecule has 0 atom stereocenters. The van der Waals surface area contributed by atoms with Gasteiger partial charge in [0.25, 0.3) is 0 Å². The maximum absolute atomic E-state index is 9.27. The Morgan fingerprint density at radius 3 is 2.72 bits per heavy atom. The molecule has 5 heteroatoms. The van der Waals surface area contributed by atoms with Gasteiger partial charge in [0.05, 0.1) is 18.0 Å². The van der Waals surface area contributed by atoms with E-state index < -0.39 is 0 Å². The van der Waals surface area contributed by atoms with Crippen LogP contribution in [-0.2, 0) is 6.54 Å². The van der Waals surface area contributed by atoms with Gasteiger partial charge in [-0.15, -0.1) is 0 Å². The summed E-state index contributed by atoms with van der Waals surface area (Å²) in [4.78, 5) is 2.24. The lowest BCUT2D eigenvalue weighted by molar-refractivity contribution is 0.281. The first-order valence-electron chi connectivity index (χ1n) is 6.89. The second-order valence-corrected chi connectivity index (χ2v) is 5.05. The summed E-state index contributed by atoms with van der Waals surface area (Å²) in [5.74, 6) is 1.01. The predicted octanol–water partition coefficient (Wildman–Crippen LogP) is 1.53. The maximum Gasteiger partial charge on any atom is 0.150 e. The molecule has 1 aliphatic carbocycles. The van der Waals surface area contributed by atoms with Gasteiger partial charge in [-0.2, -0.15) is 5.10 Å². The fourth-order valence-electron chi connectivity index (χ4n) is 2.52. The monoisotopic (exact) mass is 252 g/mol. The number of aliphatic hydroxyl groups excluding tert-OH is 1. The Balaban J connectivity index is 2.32. The number of hydrogen-bond donors (Lipinski definition) is 2. The molecule has 3 N–H and O–H groups in total. The number of hydrogen-bond acceptors (Lipinski definition) is 4. The summed E-state index contributed by atoms with van der Waals surface area (Å²) in [6.07, 6.45) is 4.68. The summed E-state index contributed by atoms with van der Waals surface area (Å²) in [7, 11) is 0. The average molecular weight is 252 g/mol. The molecule has 0 spiro atoms. The van der Waals surface area contributed by atoms with Crippen molar-refractivity contribution in [2.24, 2.45) is 0 Å². The zero-order chi connectivity index (χ0) is 13.1. The highest BCUT2D eigenvalue weighted by Gasteiger charge is 2.29. The zero-order valence-corrected chi connectivity index (χ0v) is 11.4. The molecule has 0 amide bonds. The highest BCUT2D eigenvalue weighted by molar-refractivity contribution is 5.66. The molecule has 0 saturated heterocycles. The third-order valence-electron chi connectivity index (χ3n) is 3.71. The van der Waals surface area contributed by atoms with E-state index in [1.165, 1.54) is 19.3 Å². The van der Waals surface area contributed by atoms with E-state index in [1.807, 2.05) is 11.6 Å². The fraction of sp³-hybridized carbons (Fsp3) is 0.769. The molecule has 0 unspecified atom stereocenters. The number of aliphatic hydroxyl groups is 1. The van der Waals surface area contributed by atoms with E-state index in [2.05, 4.69) is 16.9 Å². The minimum atomic E-state index is 0.159. The van der Waals surface area contributed by atoms with Crippen LogP contribution in [0.3, 0.4) is 0 Å². The Labute approximate surface area is 109 Å². The van der Waals surface area contributed by atoms with Crippen molar-refractivity contribution < 1.29 is 5.11 Å². The Morgan fingerprint density at radius 1 is 1.50 bits per heavy atom. The molecular formula is C13H24N4O. The molecule has 2 rings (SSSR count).